The van der Waals surface area contributed by atoms with Crippen molar-refractivity contribution >= 4 is 11.4 Å². The number of terminal acetylenes is 1. The van der Waals surface area contributed by atoms with E-state index in [2.05, 4.69) is 51.1 Å². The fourth-order valence-corrected chi connectivity index (χ4v) is 2.16. The summed E-state index contributed by atoms with van der Waals surface area (Å²) in [6.45, 7) is 8.50. The Morgan fingerprint density at radius 1 is 0.895 bits per heavy atom. The number of anilines is 2. The molecule has 0 aliphatic carbocycles. The predicted octanol–water partition coefficient (Wildman–Crippen LogP) is 4.65. The minimum absolute atomic E-state index is 0.916. The zero-order valence-electron chi connectivity index (χ0n) is 12.0. The summed E-state index contributed by atoms with van der Waals surface area (Å²) in [4.78, 5) is 0. The van der Waals surface area contributed by atoms with Crippen molar-refractivity contribution in [3.05, 3.63) is 58.1 Å². The van der Waals surface area contributed by atoms with Gasteiger partial charge in [0.05, 0.1) is 0 Å². The Hall–Kier alpha value is -2.20. The van der Waals surface area contributed by atoms with Crippen molar-refractivity contribution in [3.63, 3.8) is 0 Å². The lowest BCUT2D eigenvalue weighted by atomic mass is 10.0. The lowest BCUT2D eigenvalue weighted by Gasteiger charge is -2.13. The van der Waals surface area contributed by atoms with Crippen molar-refractivity contribution in [2.45, 2.75) is 27.7 Å². The van der Waals surface area contributed by atoms with Crippen LogP contribution in [0.4, 0.5) is 11.4 Å². The van der Waals surface area contributed by atoms with E-state index in [0.29, 0.717) is 0 Å². The van der Waals surface area contributed by atoms with Gasteiger partial charge < -0.3 is 5.32 Å². The van der Waals surface area contributed by atoms with Crippen molar-refractivity contribution in [1.29, 1.82) is 0 Å². The van der Waals surface area contributed by atoms with E-state index in [1.807, 2.05) is 18.2 Å². The molecule has 96 valence electrons. The lowest BCUT2D eigenvalue weighted by molar-refractivity contribution is 1.26. The highest BCUT2D eigenvalue weighted by atomic mass is 14.9. The van der Waals surface area contributed by atoms with Gasteiger partial charge in [-0.1, -0.05) is 5.92 Å². The second kappa shape index (κ2) is 5.20. The minimum atomic E-state index is 0.916. The smallest absolute Gasteiger partial charge is 0.0414 e. The van der Waals surface area contributed by atoms with Gasteiger partial charge in [-0.25, -0.2) is 0 Å². The van der Waals surface area contributed by atoms with Crippen LogP contribution in [-0.4, -0.2) is 0 Å². The Bertz CT molecular complexity index is 637. The van der Waals surface area contributed by atoms with Crippen molar-refractivity contribution in [2.75, 3.05) is 5.32 Å². The molecule has 0 aliphatic heterocycles. The van der Waals surface area contributed by atoms with E-state index < -0.39 is 0 Å². The van der Waals surface area contributed by atoms with E-state index in [1.165, 1.54) is 16.7 Å². The highest BCUT2D eigenvalue weighted by molar-refractivity contribution is 5.66. The molecule has 1 heteroatoms. The summed E-state index contributed by atoms with van der Waals surface area (Å²) in [6, 6.07) is 10.4. The van der Waals surface area contributed by atoms with Gasteiger partial charge in [-0.2, -0.15) is 0 Å². The fraction of sp³-hybridized carbons (Fsp3) is 0.222. The molecule has 0 spiro atoms. The molecule has 0 aromatic heterocycles. The first-order chi connectivity index (χ1) is 9.01. The number of benzene rings is 2. The molecule has 0 heterocycles. The SMILES string of the molecule is C#Cc1ccc(Nc2cc(C)c(C)c(C)c2)c(C)c1. The highest BCUT2D eigenvalue weighted by Gasteiger charge is 2.03. The standard InChI is InChI=1S/C18H19N/c1-6-16-7-8-18(14(4)9-16)19-17-10-12(2)15(5)13(3)11-17/h1,7-11,19H,2-5H3. The number of rotatable bonds is 2. The van der Waals surface area contributed by atoms with Gasteiger partial charge in [0.15, 0.2) is 0 Å². The number of aryl methyl sites for hydroxylation is 3. The summed E-state index contributed by atoms with van der Waals surface area (Å²) in [6.07, 6.45) is 5.41. The van der Waals surface area contributed by atoms with Crippen LogP contribution in [0.25, 0.3) is 0 Å². The van der Waals surface area contributed by atoms with E-state index in [0.717, 1.165) is 22.5 Å². The van der Waals surface area contributed by atoms with Gasteiger partial charge in [-0.15, -0.1) is 6.42 Å². The molecule has 0 saturated carbocycles. The van der Waals surface area contributed by atoms with E-state index in [9.17, 15) is 0 Å². The molecule has 1 nitrogen and oxygen atoms in total. The van der Waals surface area contributed by atoms with Gasteiger partial charge >= 0.3 is 0 Å². The molecule has 0 unspecified atom stereocenters. The molecule has 0 aliphatic rings. The normalized spacial score (nSPS) is 10.1. The van der Waals surface area contributed by atoms with Crippen LogP contribution in [0, 0.1) is 40.0 Å². The Labute approximate surface area is 115 Å². The van der Waals surface area contributed by atoms with Crippen LogP contribution in [0.2, 0.25) is 0 Å². The van der Waals surface area contributed by atoms with Gasteiger partial charge in [-0.3, -0.25) is 0 Å². The maximum Gasteiger partial charge on any atom is 0.0414 e. The molecule has 2 aromatic carbocycles. The first-order valence-electron chi connectivity index (χ1n) is 6.43. The maximum atomic E-state index is 5.41. The van der Waals surface area contributed by atoms with Crippen LogP contribution in [0.15, 0.2) is 30.3 Å². The number of hydrogen-bond donors (Lipinski definition) is 1. The van der Waals surface area contributed by atoms with Crippen LogP contribution in [0.1, 0.15) is 27.8 Å². The van der Waals surface area contributed by atoms with Gasteiger partial charge in [-0.05, 0) is 80.3 Å². The Balaban J connectivity index is 2.34. The molecule has 0 atom stereocenters. The summed E-state index contributed by atoms with van der Waals surface area (Å²) in [5.74, 6) is 2.66. The first-order valence-corrected chi connectivity index (χ1v) is 6.43. The fourth-order valence-electron chi connectivity index (χ4n) is 2.16. The molecule has 1 N–H and O–H groups in total. The molecule has 0 saturated heterocycles. The molecule has 0 fully saturated rings. The van der Waals surface area contributed by atoms with Crippen LogP contribution < -0.4 is 5.32 Å². The summed E-state index contributed by atoms with van der Waals surface area (Å²) >= 11 is 0. The largest absolute Gasteiger partial charge is 0.355 e. The average Bonchev–Trinajstić information content (AvgIpc) is 2.38. The van der Waals surface area contributed by atoms with E-state index in [1.54, 1.807) is 0 Å². The van der Waals surface area contributed by atoms with Gasteiger partial charge in [0.2, 0.25) is 0 Å². The third-order valence-electron chi connectivity index (χ3n) is 3.60. The second-order valence-electron chi connectivity index (χ2n) is 5.03. The van der Waals surface area contributed by atoms with E-state index >= 15 is 0 Å². The zero-order valence-corrected chi connectivity index (χ0v) is 12.0. The van der Waals surface area contributed by atoms with Crippen molar-refractivity contribution in [2.24, 2.45) is 0 Å². The van der Waals surface area contributed by atoms with Crippen molar-refractivity contribution in [3.8, 4) is 12.3 Å². The molecule has 0 amide bonds. The first kappa shape index (κ1) is 13.2. The summed E-state index contributed by atoms with van der Waals surface area (Å²) < 4.78 is 0. The Kier molecular flexibility index (Phi) is 3.62. The monoisotopic (exact) mass is 249 g/mol. The molecular formula is C18H19N. The van der Waals surface area contributed by atoms with Crippen molar-refractivity contribution < 1.29 is 0 Å². The van der Waals surface area contributed by atoms with Crippen molar-refractivity contribution in [1.82, 2.24) is 0 Å². The molecule has 0 radical (unpaired) electrons. The second-order valence-corrected chi connectivity index (χ2v) is 5.03. The summed E-state index contributed by atoms with van der Waals surface area (Å²) in [5, 5.41) is 3.46. The van der Waals surface area contributed by atoms with E-state index in [4.69, 9.17) is 6.42 Å². The Morgan fingerprint density at radius 3 is 2.05 bits per heavy atom. The van der Waals surface area contributed by atoms with Crippen LogP contribution in [0.5, 0.6) is 0 Å². The quantitative estimate of drug-likeness (QED) is 0.764. The average molecular weight is 249 g/mol. The lowest BCUT2D eigenvalue weighted by Crippen LogP contribution is -1.96. The summed E-state index contributed by atoms with van der Waals surface area (Å²) in [5.41, 5.74) is 8.26. The minimum Gasteiger partial charge on any atom is -0.355 e. The Morgan fingerprint density at radius 2 is 1.53 bits per heavy atom. The molecule has 0 bridgehead atoms. The molecule has 2 rings (SSSR count). The number of hydrogen-bond acceptors (Lipinski definition) is 1. The summed E-state index contributed by atoms with van der Waals surface area (Å²) in [7, 11) is 0. The van der Waals surface area contributed by atoms with Gasteiger partial charge in [0.25, 0.3) is 0 Å². The topological polar surface area (TPSA) is 12.0 Å². The molecule has 2 aromatic rings. The van der Waals surface area contributed by atoms with Crippen LogP contribution >= 0.6 is 0 Å². The third-order valence-corrected chi connectivity index (χ3v) is 3.60. The van der Waals surface area contributed by atoms with Gasteiger partial charge in [0.1, 0.15) is 0 Å². The number of nitrogens with one attached hydrogen (secondary N) is 1. The highest BCUT2D eigenvalue weighted by Crippen LogP contribution is 2.25. The zero-order chi connectivity index (χ0) is 14.0. The predicted molar refractivity (Wildman–Crippen MR) is 83.0 cm³/mol. The van der Waals surface area contributed by atoms with Crippen LogP contribution in [-0.2, 0) is 0 Å². The van der Waals surface area contributed by atoms with E-state index in [-0.39, 0.29) is 0 Å². The van der Waals surface area contributed by atoms with Crippen LogP contribution in [0.3, 0.4) is 0 Å². The van der Waals surface area contributed by atoms with Gasteiger partial charge in [0, 0.05) is 16.9 Å². The molecular weight excluding hydrogens is 230 g/mol. The molecule has 19 heavy (non-hydrogen) atoms. The maximum absolute atomic E-state index is 5.41. The third kappa shape index (κ3) is 2.80.